The number of halogens is 1. The minimum Gasteiger partial charge on any atom is -0.424 e. The number of rotatable bonds is 3. The zero-order valence-electron chi connectivity index (χ0n) is 8.66. The van der Waals surface area contributed by atoms with Crippen LogP contribution < -0.4 is 0 Å². The van der Waals surface area contributed by atoms with Crippen LogP contribution in [0.4, 0.5) is 0 Å². The Bertz CT molecular complexity index is 352. The molecule has 4 heteroatoms. The summed E-state index contributed by atoms with van der Waals surface area (Å²) in [7, 11) is 0. The Labute approximate surface area is 94.2 Å². The standard InChI is InChI=1S/C11H15ClN2O/c12-6-11-14-13-10(15-11)5-9-4-7-1-2-8(9)3-7/h7-9H,1-6H2. The zero-order valence-corrected chi connectivity index (χ0v) is 9.41. The molecule has 2 aliphatic carbocycles. The first-order valence-electron chi connectivity index (χ1n) is 5.72. The van der Waals surface area contributed by atoms with Crippen molar-refractivity contribution in [2.75, 3.05) is 0 Å². The van der Waals surface area contributed by atoms with E-state index in [2.05, 4.69) is 10.2 Å². The zero-order chi connectivity index (χ0) is 10.3. The van der Waals surface area contributed by atoms with E-state index in [0.29, 0.717) is 11.8 Å². The van der Waals surface area contributed by atoms with E-state index >= 15 is 0 Å². The Hall–Kier alpha value is -0.570. The molecule has 2 saturated carbocycles. The van der Waals surface area contributed by atoms with E-state index in [-0.39, 0.29) is 0 Å². The van der Waals surface area contributed by atoms with Crippen molar-refractivity contribution in [3.63, 3.8) is 0 Å². The monoisotopic (exact) mass is 226 g/mol. The summed E-state index contributed by atoms with van der Waals surface area (Å²) >= 11 is 5.62. The van der Waals surface area contributed by atoms with Crippen LogP contribution in [0, 0.1) is 17.8 Å². The molecule has 82 valence electrons. The molecule has 1 heterocycles. The van der Waals surface area contributed by atoms with Crippen molar-refractivity contribution >= 4 is 11.6 Å². The molecule has 0 amide bonds. The van der Waals surface area contributed by atoms with Gasteiger partial charge in [0.15, 0.2) is 0 Å². The van der Waals surface area contributed by atoms with Gasteiger partial charge in [-0.2, -0.15) is 0 Å². The third-order valence-corrected chi connectivity index (χ3v) is 4.17. The van der Waals surface area contributed by atoms with Crippen molar-refractivity contribution in [1.29, 1.82) is 0 Å². The Balaban J connectivity index is 1.65. The van der Waals surface area contributed by atoms with Gasteiger partial charge in [0.1, 0.15) is 5.88 Å². The second-order valence-corrected chi connectivity index (χ2v) is 5.13. The summed E-state index contributed by atoms with van der Waals surface area (Å²) in [4.78, 5) is 0. The van der Waals surface area contributed by atoms with E-state index in [1.165, 1.54) is 25.7 Å². The quantitative estimate of drug-likeness (QED) is 0.744. The fraction of sp³-hybridized carbons (Fsp3) is 0.818. The van der Waals surface area contributed by atoms with Gasteiger partial charge >= 0.3 is 0 Å². The molecule has 15 heavy (non-hydrogen) atoms. The summed E-state index contributed by atoms with van der Waals surface area (Å²) < 4.78 is 5.45. The van der Waals surface area contributed by atoms with E-state index in [1.807, 2.05) is 0 Å². The number of hydrogen-bond acceptors (Lipinski definition) is 3. The topological polar surface area (TPSA) is 38.9 Å². The Morgan fingerprint density at radius 3 is 2.67 bits per heavy atom. The summed E-state index contributed by atoms with van der Waals surface area (Å²) in [5, 5.41) is 7.92. The average molecular weight is 227 g/mol. The molecule has 3 atom stereocenters. The third-order valence-electron chi connectivity index (χ3n) is 3.94. The van der Waals surface area contributed by atoms with Crippen LogP contribution in [-0.4, -0.2) is 10.2 Å². The molecule has 0 saturated heterocycles. The van der Waals surface area contributed by atoms with E-state index in [4.69, 9.17) is 16.0 Å². The fourth-order valence-corrected chi connectivity index (χ4v) is 3.38. The first-order valence-corrected chi connectivity index (χ1v) is 6.26. The highest BCUT2D eigenvalue weighted by Crippen LogP contribution is 2.49. The number of nitrogens with zero attached hydrogens (tertiary/aromatic N) is 2. The molecule has 0 N–H and O–H groups in total. The van der Waals surface area contributed by atoms with Crippen molar-refractivity contribution in [3.05, 3.63) is 11.8 Å². The van der Waals surface area contributed by atoms with Crippen LogP contribution in [0.3, 0.4) is 0 Å². The van der Waals surface area contributed by atoms with E-state index in [1.54, 1.807) is 0 Å². The van der Waals surface area contributed by atoms with Gasteiger partial charge in [-0.15, -0.1) is 21.8 Å². The van der Waals surface area contributed by atoms with Crippen LogP contribution >= 0.6 is 11.6 Å². The van der Waals surface area contributed by atoms with Gasteiger partial charge in [0.05, 0.1) is 0 Å². The highest BCUT2D eigenvalue weighted by Gasteiger charge is 2.39. The summed E-state index contributed by atoms with van der Waals surface area (Å²) in [6.45, 7) is 0. The number of fused-ring (bicyclic) bond motifs is 2. The van der Waals surface area contributed by atoms with Crippen LogP contribution in [0.1, 0.15) is 37.5 Å². The minimum absolute atomic E-state index is 0.323. The number of alkyl halides is 1. The van der Waals surface area contributed by atoms with Gasteiger partial charge in [-0.1, -0.05) is 6.42 Å². The van der Waals surface area contributed by atoms with Gasteiger partial charge < -0.3 is 4.42 Å². The predicted octanol–water partition coefficient (Wildman–Crippen LogP) is 2.79. The summed E-state index contributed by atoms with van der Waals surface area (Å²) in [5.74, 6) is 4.34. The molecule has 0 radical (unpaired) electrons. The number of aromatic nitrogens is 2. The molecule has 0 aliphatic heterocycles. The lowest BCUT2D eigenvalue weighted by molar-refractivity contribution is 0.304. The SMILES string of the molecule is ClCc1nnc(CC2CC3CCC2C3)o1. The largest absolute Gasteiger partial charge is 0.424 e. The highest BCUT2D eigenvalue weighted by atomic mass is 35.5. The van der Waals surface area contributed by atoms with Gasteiger partial charge in [-0.3, -0.25) is 0 Å². The van der Waals surface area contributed by atoms with Crippen molar-refractivity contribution in [2.45, 2.75) is 38.0 Å². The summed E-state index contributed by atoms with van der Waals surface area (Å²) in [6.07, 6.45) is 6.61. The van der Waals surface area contributed by atoms with Crippen molar-refractivity contribution in [1.82, 2.24) is 10.2 Å². The molecule has 3 rings (SSSR count). The smallest absolute Gasteiger partial charge is 0.231 e. The van der Waals surface area contributed by atoms with Crippen molar-refractivity contribution < 1.29 is 4.42 Å². The lowest BCUT2D eigenvalue weighted by Gasteiger charge is -2.19. The van der Waals surface area contributed by atoms with Crippen LogP contribution in [0.2, 0.25) is 0 Å². The lowest BCUT2D eigenvalue weighted by atomic mass is 9.86. The van der Waals surface area contributed by atoms with Crippen LogP contribution in [0.25, 0.3) is 0 Å². The van der Waals surface area contributed by atoms with E-state index < -0.39 is 0 Å². The van der Waals surface area contributed by atoms with Gasteiger partial charge in [-0.25, -0.2) is 0 Å². The average Bonchev–Trinajstić information content (AvgIpc) is 2.92. The van der Waals surface area contributed by atoms with Crippen molar-refractivity contribution in [2.24, 2.45) is 17.8 Å². The molecule has 1 aromatic heterocycles. The van der Waals surface area contributed by atoms with Gasteiger partial charge in [-0.05, 0) is 37.0 Å². The number of hydrogen-bond donors (Lipinski definition) is 0. The van der Waals surface area contributed by atoms with Crippen molar-refractivity contribution in [3.8, 4) is 0 Å². The predicted molar refractivity (Wildman–Crippen MR) is 56.5 cm³/mol. The third kappa shape index (κ3) is 1.78. The Morgan fingerprint density at radius 1 is 1.20 bits per heavy atom. The van der Waals surface area contributed by atoms with Gasteiger partial charge in [0.25, 0.3) is 0 Å². The molecule has 0 aromatic carbocycles. The molecule has 3 nitrogen and oxygen atoms in total. The van der Waals surface area contributed by atoms with Crippen LogP contribution in [0.15, 0.2) is 4.42 Å². The van der Waals surface area contributed by atoms with Gasteiger partial charge in [0, 0.05) is 6.42 Å². The maximum atomic E-state index is 5.62. The second-order valence-electron chi connectivity index (χ2n) is 4.86. The molecule has 0 spiro atoms. The first-order chi connectivity index (χ1) is 7.35. The molecular weight excluding hydrogens is 212 g/mol. The molecule has 2 aliphatic rings. The maximum Gasteiger partial charge on any atom is 0.231 e. The van der Waals surface area contributed by atoms with Gasteiger partial charge in [0.2, 0.25) is 11.8 Å². The summed E-state index contributed by atoms with van der Waals surface area (Å²) in [5.41, 5.74) is 0. The molecule has 3 unspecified atom stereocenters. The normalized spacial score (nSPS) is 33.8. The first kappa shape index (κ1) is 9.64. The fourth-order valence-electron chi connectivity index (χ4n) is 3.28. The highest BCUT2D eigenvalue weighted by molar-refractivity contribution is 6.16. The molecule has 1 aromatic rings. The Kier molecular flexibility index (Phi) is 2.43. The second kappa shape index (κ2) is 3.78. The molecule has 2 bridgehead atoms. The minimum atomic E-state index is 0.323. The molecular formula is C11H15ClN2O. The van der Waals surface area contributed by atoms with E-state index in [0.717, 1.165) is 30.1 Å². The maximum absolute atomic E-state index is 5.62. The van der Waals surface area contributed by atoms with Crippen LogP contribution in [0.5, 0.6) is 0 Å². The Morgan fingerprint density at radius 2 is 2.07 bits per heavy atom. The molecule has 2 fully saturated rings. The van der Waals surface area contributed by atoms with E-state index in [9.17, 15) is 0 Å². The van der Waals surface area contributed by atoms with Crippen LogP contribution in [-0.2, 0) is 12.3 Å². The lowest BCUT2D eigenvalue weighted by Crippen LogP contribution is -2.13. The summed E-state index contributed by atoms with van der Waals surface area (Å²) in [6, 6.07) is 0.